The van der Waals surface area contributed by atoms with Crippen molar-refractivity contribution in [1.82, 2.24) is 9.55 Å². The topological polar surface area (TPSA) is 155 Å². The van der Waals surface area contributed by atoms with Gasteiger partial charge in [-0.3, -0.25) is 19.1 Å². The fraction of sp³-hybridized carbons (Fsp3) is 0.439. The van der Waals surface area contributed by atoms with Crippen LogP contribution in [0.25, 0.3) is 0 Å². The maximum Gasteiger partial charge on any atom is 0.330 e. The first-order valence-electron chi connectivity index (χ1n) is 18.3. The number of esters is 1. The van der Waals surface area contributed by atoms with Gasteiger partial charge in [0.15, 0.2) is 24.4 Å². The van der Waals surface area contributed by atoms with E-state index in [9.17, 15) is 14.4 Å². The van der Waals surface area contributed by atoms with E-state index in [1.165, 1.54) is 23.8 Å². The highest BCUT2D eigenvalue weighted by molar-refractivity contribution is 5.66. The number of nitrogens with one attached hydrogen (secondary N) is 1. The van der Waals surface area contributed by atoms with Crippen LogP contribution in [0.5, 0.6) is 0 Å². The lowest BCUT2D eigenvalue weighted by Crippen LogP contribution is -2.62. The Kier molecular flexibility index (Phi) is 12.3. The van der Waals surface area contributed by atoms with E-state index in [1.807, 2.05) is 91.0 Å². The molecule has 292 valence electrons. The molecule has 1 N–H and O–H groups in total. The molecule has 3 fully saturated rings. The van der Waals surface area contributed by atoms with Gasteiger partial charge in [0.2, 0.25) is 0 Å². The molecule has 0 spiro atoms. The number of aromatic nitrogens is 2. The Morgan fingerprint density at radius 2 is 1.27 bits per heavy atom. The molecule has 55 heavy (non-hydrogen) atoms. The quantitative estimate of drug-likeness (QED) is 0.174. The standard InChI is InChI=1S/C41H46N2O12/c1-26(44)51-37-35(49-23-29-17-11-6-12-18-29)33(48-22-28-15-9-5-10-16-28)30(24-47-21-27-13-7-4-8-14-27)53-39(37)50-25-31-34-36(55-41(2,3)54-34)38(52-31)43-20-19-32(45)42-40(43)46/h4-20,30-31,33-39H,21-25H2,1-3H3,(H,42,45,46)/t30-,31-,33-,34-,35+,36-,37-,38-,39+/m1/s1. The second-order valence-electron chi connectivity index (χ2n) is 14.1. The van der Waals surface area contributed by atoms with Crippen LogP contribution in [0.15, 0.2) is 113 Å². The van der Waals surface area contributed by atoms with Crippen LogP contribution in [0, 0.1) is 0 Å². The van der Waals surface area contributed by atoms with Crippen LogP contribution in [0.4, 0.5) is 0 Å². The molecule has 0 bridgehead atoms. The van der Waals surface area contributed by atoms with Crippen LogP contribution in [0.1, 0.15) is 43.7 Å². The summed E-state index contributed by atoms with van der Waals surface area (Å²) in [7, 11) is 0. The van der Waals surface area contributed by atoms with Gasteiger partial charge in [-0.2, -0.15) is 0 Å². The molecule has 4 aromatic rings. The van der Waals surface area contributed by atoms with E-state index in [2.05, 4.69) is 4.98 Å². The number of ether oxygens (including phenoxy) is 9. The summed E-state index contributed by atoms with van der Waals surface area (Å²) in [6, 6.07) is 30.3. The van der Waals surface area contributed by atoms with Crippen molar-refractivity contribution in [3.05, 3.63) is 141 Å². The first kappa shape index (κ1) is 38.8. The third kappa shape index (κ3) is 9.66. The summed E-state index contributed by atoms with van der Waals surface area (Å²) in [6.07, 6.45) is -6.33. The van der Waals surface area contributed by atoms with E-state index in [4.69, 9.17) is 42.6 Å². The normalized spacial score (nSPS) is 28.5. The number of hydrogen-bond donors (Lipinski definition) is 1. The van der Waals surface area contributed by atoms with E-state index in [1.54, 1.807) is 13.8 Å². The lowest BCUT2D eigenvalue weighted by molar-refractivity contribution is -0.325. The second kappa shape index (κ2) is 17.5. The number of hydrogen-bond acceptors (Lipinski definition) is 12. The lowest BCUT2D eigenvalue weighted by Gasteiger charge is -2.45. The minimum Gasteiger partial charge on any atom is -0.454 e. The summed E-state index contributed by atoms with van der Waals surface area (Å²) in [6.45, 7) is 5.55. The summed E-state index contributed by atoms with van der Waals surface area (Å²) in [5.74, 6) is -1.57. The van der Waals surface area contributed by atoms with Crippen LogP contribution in [-0.4, -0.2) is 83.5 Å². The zero-order valence-electron chi connectivity index (χ0n) is 30.9. The van der Waals surface area contributed by atoms with Crippen LogP contribution in [0.3, 0.4) is 0 Å². The monoisotopic (exact) mass is 758 g/mol. The molecule has 0 aliphatic carbocycles. The van der Waals surface area contributed by atoms with E-state index in [0.717, 1.165) is 16.7 Å². The molecule has 0 radical (unpaired) electrons. The van der Waals surface area contributed by atoms with Crippen LogP contribution < -0.4 is 11.2 Å². The zero-order chi connectivity index (χ0) is 38.4. The molecule has 14 heteroatoms. The Morgan fingerprint density at radius 1 is 0.691 bits per heavy atom. The van der Waals surface area contributed by atoms with Gasteiger partial charge in [0, 0.05) is 19.2 Å². The second-order valence-corrected chi connectivity index (χ2v) is 14.1. The van der Waals surface area contributed by atoms with Crippen molar-refractivity contribution in [2.45, 2.75) is 102 Å². The number of nitrogens with zero attached hydrogens (tertiary/aromatic N) is 1. The van der Waals surface area contributed by atoms with Crippen molar-refractivity contribution < 1.29 is 47.4 Å². The Morgan fingerprint density at radius 3 is 1.87 bits per heavy atom. The van der Waals surface area contributed by atoms with E-state index in [-0.39, 0.29) is 26.4 Å². The van der Waals surface area contributed by atoms with Crippen molar-refractivity contribution in [3.63, 3.8) is 0 Å². The number of carbonyl (C=O) groups is 1. The van der Waals surface area contributed by atoms with Gasteiger partial charge in [-0.15, -0.1) is 0 Å². The van der Waals surface area contributed by atoms with Gasteiger partial charge in [0.1, 0.15) is 36.6 Å². The average Bonchev–Trinajstić information content (AvgIpc) is 3.67. The predicted molar refractivity (Wildman–Crippen MR) is 195 cm³/mol. The number of fused-ring (bicyclic) bond motifs is 1. The highest BCUT2D eigenvalue weighted by Crippen LogP contribution is 2.43. The van der Waals surface area contributed by atoms with E-state index < -0.39 is 78.3 Å². The number of H-pyrrole nitrogens is 1. The maximum absolute atomic E-state index is 12.8. The number of carbonyl (C=O) groups excluding carboxylic acids is 1. The third-order valence-electron chi connectivity index (χ3n) is 9.53. The number of benzene rings is 3. The Labute approximate surface area is 318 Å². The highest BCUT2D eigenvalue weighted by Gasteiger charge is 2.57. The molecule has 1 aromatic heterocycles. The molecule has 3 aromatic carbocycles. The van der Waals surface area contributed by atoms with Crippen LogP contribution in [0.2, 0.25) is 0 Å². The smallest absolute Gasteiger partial charge is 0.330 e. The zero-order valence-corrected chi connectivity index (χ0v) is 30.9. The molecule has 0 unspecified atom stereocenters. The highest BCUT2D eigenvalue weighted by atomic mass is 16.8. The molecular weight excluding hydrogens is 712 g/mol. The van der Waals surface area contributed by atoms with Gasteiger partial charge in [0.25, 0.3) is 5.56 Å². The van der Waals surface area contributed by atoms with Crippen molar-refractivity contribution in [3.8, 4) is 0 Å². The minimum absolute atomic E-state index is 0.0964. The molecule has 4 heterocycles. The van der Waals surface area contributed by atoms with Gasteiger partial charge in [-0.05, 0) is 30.5 Å². The summed E-state index contributed by atoms with van der Waals surface area (Å²) >= 11 is 0. The average molecular weight is 759 g/mol. The van der Waals surface area contributed by atoms with Crippen molar-refractivity contribution in [1.29, 1.82) is 0 Å². The molecule has 3 aliphatic rings. The Balaban J connectivity index is 1.17. The largest absolute Gasteiger partial charge is 0.454 e. The van der Waals surface area contributed by atoms with Gasteiger partial charge in [0.05, 0.1) is 33.0 Å². The molecule has 9 atom stereocenters. The van der Waals surface area contributed by atoms with Crippen LogP contribution >= 0.6 is 0 Å². The first-order chi connectivity index (χ1) is 26.6. The summed E-state index contributed by atoms with van der Waals surface area (Å²) < 4.78 is 58.5. The molecule has 7 rings (SSSR count). The fourth-order valence-electron chi connectivity index (χ4n) is 7.09. The predicted octanol–water partition coefficient (Wildman–Crippen LogP) is 4.01. The van der Waals surface area contributed by atoms with Crippen molar-refractivity contribution >= 4 is 5.97 Å². The van der Waals surface area contributed by atoms with Crippen LogP contribution in [-0.2, 0) is 67.2 Å². The van der Waals surface area contributed by atoms with Gasteiger partial charge >= 0.3 is 11.7 Å². The van der Waals surface area contributed by atoms with Gasteiger partial charge in [-0.25, -0.2) is 4.79 Å². The van der Waals surface area contributed by atoms with Crippen molar-refractivity contribution in [2.75, 3.05) is 13.2 Å². The molecule has 0 amide bonds. The molecular formula is C41H46N2O12. The summed E-state index contributed by atoms with van der Waals surface area (Å²) in [5.41, 5.74) is 1.62. The number of rotatable bonds is 15. The lowest BCUT2D eigenvalue weighted by atomic mass is 9.97. The minimum atomic E-state index is -1.17. The first-order valence-corrected chi connectivity index (χ1v) is 18.3. The molecule has 14 nitrogen and oxygen atoms in total. The Hall–Kier alpha value is -4.51. The summed E-state index contributed by atoms with van der Waals surface area (Å²) in [4.78, 5) is 39.6. The Bertz CT molecular complexity index is 1960. The fourth-order valence-corrected chi connectivity index (χ4v) is 7.09. The summed E-state index contributed by atoms with van der Waals surface area (Å²) in [5, 5.41) is 0. The van der Waals surface area contributed by atoms with Crippen molar-refractivity contribution in [2.24, 2.45) is 0 Å². The van der Waals surface area contributed by atoms with Gasteiger partial charge in [-0.1, -0.05) is 91.0 Å². The molecule has 0 saturated carbocycles. The van der Waals surface area contributed by atoms with Gasteiger partial charge < -0.3 is 42.6 Å². The maximum atomic E-state index is 12.8. The SMILES string of the molecule is CC(=O)O[C@H]1[C@@H](OC[C@H]2O[C@@H](n3ccc(=O)[nH]c3=O)[C@@H]3OC(C)(C)O[C@@H]32)O[C@H](COCc2ccccc2)[C@@H](OCc2ccccc2)[C@@H]1OCc1ccccc1. The van der Waals surface area contributed by atoms with E-state index in [0.29, 0.717) is 6.61 Å². The molecule has 3 aliphatic heterocycles. The number of aromatic amines is 1. The van der Waals surface area contributed by atoms with E-state index >= 15 is 0 Å². The third-order valence-corrected chi connectivity index (χ3v) is 9.53. The molecule has 3 saturated heterocycles.